The lowest BCUT2D eigenvalue weighted by molar-refractivity contribution is -0.115. The minimum Gasteiger partial charge on any atom is -0.271 e. The monoisotopic (exact) mass is 343 g/mol. The molecule has 0 aliphatic heterocycles. The maximum atomic E-state index is 11.5. The van der Waals surface area contributed by atoms with Crippen LogP contribution in [0.1, 0.15) is 5.56 Å². The van der Waals surface area contributed by atoms with Gasteiger partial charge in [-0.3, -0.25) is 4.79 Å². The second-order valence-electron chi connectivity index (χ2n) is 4.94. The van der Waals surface area contributed by atoms with E-state index in [9.17, 15) is 4.79 Å². The largest absolute Gasteiger partial charge is 0.271 e. The van der Waals surface area contributed by atoms with E-state index in [-0.39, 0.29) is 5.88 Å². The zero-order valence-electron chi connectivity index (χ0n) is 12.4. The summed E-state index contributed by atoms with van der Waals surface area (Å²) in [5, 5.41) is 0. The summed E-state index contributed by atoms with van der Waals surface area (Å²) in [6.45, 7) is 2.04. The van der Waals surface area contributed by atoms with Crippen molar-refractivity contribution in [2.24, 2.45) is 4.99 Å². The zero-order chi connectivity index (χ0) is 16.2. The molecule has 23 heavy (non-hydrogen) atoms. The van der Waals surface area contributed by atoms with E-state index < -0.39 is 5.91 Å². The summed E-state index contributed by atoms with van der Waals surface area (Å²) >= 11 is 6.84. The van der Waals surface area contributed by atoms with Gasteiger partial charge in [0.15, 0.2) is 5.82 Å². The van der Waals surface area contributed by atoms with Gasteiger partial charge in [0.25, 0.3) is 5.91 Å². The third-order valence-corrected chi connectivity index (χ3v) is 4.34. The summed E-state index contributed by atoms with van der Waals surface area (Å²) in [6, 6.07) is 17.9. The Morgan fingerprint density at radius 3 is 2.52 bits per heavy atom. The Kier molecular flexibility index (Phi) is 4.69. The molecular formula is C17H14ClN3OS. The van der Waals surface area contributed by atoms with Crippen LogP contribution >= 0.6 is 23.1 Å². The van der Waals surface area contributed by atoms with Gasteiger partial charge in [0, 0.05) is 5.56 Å². The van der Waals surface area contributed by atoms with Crippen molar-refractivity contribution in [3.63, 3.8) is 0 Å². The smallest absolute Gasteiger partial charge is 0.263 e. The number of halogens is 1. The van der Waals surface area contributed by atoms with E-state index in [2.05, 4.69) is 9.98 Å². The molecule has 6 heteroatoms. The lowest BCUT2D eigenvalue weighted by Crippen LogP contribution is -2.05. The molecule has 1 heterocycles. The van der Waals surface area contributed by atoms with E-state index in [1.54, 1.807) is 0 Å². The molecule has 0 aliphatic rings. The molecule has 116 valence electrons. The first-order valence-electron chi connectivity index (χ1n) is 7.04. The zero-order valence-corrected chi connectivity index (χ0v) is 14.0. The predicted molar refractivity (Wildman–Crippen MR) is 92.9 cm³/mol. The van der Waals surface area contributed by atoms with Crippen LogP contribution in [-0.4, -0.2) is 20.7 Å². The summed E-state index contributed by atoms with van der Waals surface area (Å²) in [4.78, 5) is 20.3. The number of carbonyl (C=O) groups is 1. The van der Waals surface area contributed by atoms with Gasteiger partial charge in [0.2, 0.25) is 4.80 Å². The highest BCUT2D eigenvalue weighted by molar-refractivity contribution is 7.04. The molecule has 3 rings (SSSR count). The van der Waals surface area contributed by atoms with Crippen molar-refractivity contribution >= 4 is 29.0 Å². The maximum absolute atomic E-state index is 11.5. The van der Waals surface area contributed by atoms with Crippen LogP contribution in [0.5, 0.6) is 0 Å². The Hall–Kier alpha value is -2.24. The van der Waals surface area contributed by atoms with Gasteiger partial charge in [0.05, 0.1) is 5.69 Å². The van der Waals surface area contributed by atoms with Gasteiger partial charge in [-0.1, -0.05) is 48.0 Å². The van der Waals surface area contributed by atoms with E-state index in [1.165, 1.54) is 17.1 Å². The van der Waals surface area contributed by atoms with E-state index >= 15 is 0 Å². The molecule has 2 aromatic carbocycles. The number of benzene rings is 2. The van der Waals surface area contributed by atoms with E-state index in [0.29, 0.717) is 4.80 Å². The molecule has 0 unspecified atom stereocenters. The first-order chi connectivity index (χ1) is 11.2. The predicted octanol–water partition coefficient (Wildman–Crippen LogP) is 3.58. The number of hydrogen-bond acceptors (Lipinski definition) is 3. The first kappa shape index (κ1) is 15.6. The number of nitrogens with zero attached hydrogens (tertiary/aromatic N) is 3. The molecule has 0 spiro atoms. The van der Waals surface area contributed by atoms with Crippen LogP contribution < -0.4 is 4.80 Å². The van der Waals surface area contributed by atoms with Crippen LogP contribution in [0.4, 0.5) is 0 Å². The van der Waals surface area contributed by atoms with Crippen molar-refractivity contribution < 1.29 is 4.79 Å². The average Bonchev–Trinajstić information content (AvgIpc) is 3.00. The molecule has 0 aliphatic carbocycles. The van der Waals surface area contributed by atoms with Crippen LogP contribution in [0.2, 0.25) is 0 Å². The number of hydrogen-bond donors (Lipinski definition) is 0. The van der Waals surface area contributed by atoms with Crippen LogP contribution in [0.3, 0.4) is 0 Å². The second-order valence-corrected chi connectivity index (χ2v) is 6.12. The fourth-order valence-corrected chi connectivity index (χ4v) is 3.04. The molecular weight excluding hydrogens is 330 g/mol. The first-order valence-corrected chi connectivity index (χ1v) is 8.34. The quantitative estimate of drug-likeness (QED) is 0.682. The highest BCUT2D eigenvalue weighted by Gasteiger charge is 2.11. The number of aryl methyl sites for hydroxylation is 1. The van der Waals surface area contributed by atoms with Crippen molar-refractivity contribution in [3.05, 3.63) is 65.0 Å². The number of aromatic nitrogens is 2. The summed E-state index contributed by atoms with van der Waals surface area (Å²) < 4.78 is 1.96. The molecule has 0 radical (unpaired) electrons. The van der Waals surface area contributed by atoms with Gasteiger partial charge in [-0.2, -0.15) is 9.98 Å². The standard InChI is InChI=1S/C17H14ClN3OS/c1-12-7-9-13(10-8-12)16-20-17(19-15(22)11-18)23-21(16)14-5-3-2-4-6-14/h2-10H,11H2,1H3. The summed E-state index contributed by atoms with van der Waals surface area (Å²) in [7, 11) is 0. The average molecular weight is 344 g/mol. The van der Waals surface area contributed by atoms with Gasteiger partial charge in [0.1, 0.15) is 5.88 Å². The maximum Gasteiger partial charge on any atom is 0.263 e. The highest BCUT2D eigenvalue weighted by atomic mass is 35.5. The molecule has 0 saturated carbocycles. The minimum absolute atomic E-state index is 0.148. The van der Waals surface area contributed by atoms with E-state index in [1.807, 2.05) is 65.5 Å². The molecule has 3 aromatic rings. The molecule has 1 aromatic heterocycles. The molecule has 0 fully saturated rings. The summed E-state index contributed by atoms with van der Waals surface area (Å²) in [6.07, 6.45) is 0. The second kappa shape index (κ2) is 6.89. The Morgan fingerprint density at radius 2 is 1.87 bits per heavy atom. The third kappa shape index (κ3) is 3.57. The van der Waals surface area contributed by atoms with Gasteiger partial charge >= 0.3 is 0 Å². The number of para-hydroxylation sites is 1. The van der Waals surface area contributed by atoms with Gasteiger partial charge in [-0.25, -0.2) is 3.96 Å². The van der Waals surface area contributed by atoms with Gasteiger partial charge in [-0.05, 0) is 30.6 Å². The lowest BCUT2D eigenvalue weighted by Gasteiger charge is -2.06. The SMILES string of the molecule is Cc1ccc(-c2nc(=NC(=O)CCl)sn2-c2ccccc2)cc1. The Balaban J connectivity index is 2.18. The van der Waals surface area contributed by atoms with Crippen LogP contribution in [-0.2, 0) is 4.79 Å². The lowest BCUT2D eigenvalue weighted by atomic mass is 10.1. The van der Waals surface area contributed by atoms with Crippen molar-refractivity contribution in [2.45, 2.75) is 6.92 Å². The van der Waals surface area contributed by atoms with Crippen molar-refractivity contribution in [1.82, 2.24) is 8.94 Å². The fourth-order valence-electron chi connectivity index (χ4n) is 2.09. The summed E-state index contributed by atoms with van der Waals surface area (Å²) in [5.41, 5.74) is 3.12. The Morgan fingerprint density at radius 1 is 1.17 bits per heavy atom. The molecule has 4 nitrogen and oxygen atoms in total. The number of rotatable bonds is 3. The highest BCUT2D eigenvalue weighted by Crippen LogP contribution is 2.22. The topological polar surface area (TPSA) is 47.2 Å². The molecule has 0 atom stereocenters. The van der Waals surface area contributed by atoms with Crippen LogP contribution in [0, 0.1) is 6.92 Å². The van der Waals surface area contributed by atoms with Gasteiger partial charge in [-0.15, -0.1) is 11.6 Å². The molecule has 0 N–H and O–H groups in total. The third-order valence-electron chi connectivity index (χ3n) is 3.20. The van der Waals surface area contributed by atoms with Crippen molar-refractivity contribution in [3.8, 4) is 17.1 Å². The Labute approximate surface area is 142 Å². The number of amides is 1. The normalized spacial score (nSPS) is 11.7. The molecule has 0 bridgehead atoms. The molecule has 1 amide bonds. The van der Waals surface area contributed by atoms with Crippen LogP contribution in [0.25, 0.3) is 17.1 Å². The number of alkyl halides is 1. The van der Waals surface area contributed by atoms with Crippen LogP contribution in [0.15, 0.2) is 59.6 Å². The van der Waals surface area contributed by atoms with E-state index in [4.69, 9.17) is 11.6 Å². The minimum atomic E-state index is -0.393. The summed E-state index contributed by atoms with van der Waals surface area (Å²) in [5.74, 6) is 0.212. The van der Waals surface area contributed by atoms with E-state index in [0.717, 1.165) is 17.1 Å². The fraction of sp³-hybridized carbons (Fsp3) is 0.118. The Bertz CT molecular complexity index is 882. The molecule has 0 saturated heterocycles. The van der Waals surface area contributed by atoms with Crippen molar-refractivity contribution in [1.29, 1.82) is 0 Å². The van der Waals surface area contributed by atoms with Crippen molar-refractivity contribution in [2.75, 3.05) is 5.88 Å². The number of carbonyl (C=O) groups excluding carboxylic acids is 1. The van der Waals surface area contributed by atoms with Gasteiger partial charge < -0.3 is 0 Å².